The van der Waals surface area contributed by atoms with Crippen LogP contribution in [0.3, 0.4) is 0 Å². The molecule has 0 aliphatic heterocycles. The Hall–Kier alpha value is -7.42. The Labute approximate surface area is 365 Å². The molecule has 298 valence electrons. The summed E-state index contributed by atoms with van der Waals surface area (Å²) in [7, 11) is 0. The van der Waals surface area contributed by atoms with E-state index in [1.165, 1.54) is 94.1 Å². The normalized spacial score (nSPS) is 12.7. The van der Waals surface area contributed by atoms with Crippen LogP contribution >= 0.6 is 0 Å². The van der Waals surface area contributed by atoms with Gasteiger partial charge >= 0.3 is 0 Å². The van der Waals surface area contributed by atoms with Crippen molar-refractivity contribution in [2.75, 3.05) is 4.90 Å². The van der Waals surface area contributed by atoms with Gasteiger partial charge in [0, 0.05) is 38.9 Å². The second kappa shape index (κ2) is 14.6. The van der Waals surface area contributed by atoms with Crippen molar-refractivity contribution >= 4 is 38.9 Å². The van der Waals surface area contributed by atoms with Crippen LogP contribution in [0.2, 0.25) is 0 Å². The molecule has 0 saturated carbocycles. The van der Waals surface area contributed by atoms with Crippen LogP contribution in [0.1, 0.15) is 41.7 Å². The molecule has 2 nitrogen and oxygen atoms in total. The van der Waals surface area contributed by atoms with Crippen molar-refractivity contribution in [1.82, 2.24) is 4.57 Å². The number of fused-ring (bicyclic) bond motifs is 6. The molecule has 62 heavy (non-hydrogen) atoms. The molecular formula is C60H48N2. The van der Waals surface area contributed by atoms with E-state index in [9.17, 15) is 0 Å². The van der Waals surface area contributed by atoms with E-state index < -0.39 is 0 Å². The molecule has 0 bridgehead atoms. The molecule has 0 radical (unpaired) electrons. The highest BCUT2D eigenvalue weighted by atomic mass is 15.1. The summed E-state index contributed by atoms with van der Waals surface area (Å²) in [6.07, 6.45) is 0. The molecule has 9 aromatic carbocycles. The van der Waals surface area contributed by atoms with E-state index in [-0.39, 0.29) is 5.41 Å². The van der Waals surface area contributed by atoms with Crippen LogP contribution in [-0.4, -0.2) is 4.57 Å². The molecule has 1 aromatic heterocycles. The second-order valence-electron chi connectivity index (χ2n) is 17.7. The van der Waals surface area contributed by atoms with Crippen LogP contribution in [0.25, 0.3) is 72.0 Å². The molecular weight excluding hydrogens is 749 g/mol. The smallest absolute Gasteiger partial charge is 0.0547 e. The van der Waals surface area contributed by atoms with Crippen LogP contribution in [-0.2, 0) is 5.41 Å². The Balaban J connectivity index is 0.959. The summed E-state index contributed by atoms with van der Waals surface area (Å²) in [5, 5.41) is 2.51. The fraction of sp³-hybridized carbons (Fsp3) is 0.100. The van der Waals surface area contributed by atoms with E-state index in [1.54, 1.807) is 0 Å². The van der Waals surface area contributed by atoms with E-state index in [0.29, 0.717) is 0 Å². The van der Waals surface area contributed by atoms with Gasteiger partial charge in [-0.2, -0.15) is 0 Å². The van der Waals surface area contributed by atoms with Gasteiger partial charge in [-0.15, -0.1) is 0 Å². The lowest BCUT2D eigenvalue weighted by molar-refractivity contribution is 0.660. The molecule has 0 N–H and O–H groups in total. The van der Waals surface area contributed by atoms with Crippen molar-refractivity contribution in [1.29, 1.82) is 0 Å². The van der Waals surface area contributed by atoms with Crippen LogP contribution in [0.4, 0.5) is 17.1 Å². The molecule has 10 aromatic rings. The highest BCUT2D eigenvalue weighted by Gasteiger charge is 2.35. The minimum atomic E-state index is -0.0442. The average molecular weight is 797 g/mol. The van der Waals surface area contributed by atoms with Crippen molar-refractivity contribution in [3.63, 3.8) is 0 Å². The van der Waals surface area contributed by atoms with Gasteiger partial charge in [-0.25, -0.2) is 0 Å². The van der Waals surface area contributed by atoms with E-state index in [4.69, 9.17) is 0 Å². The monoisotopic (exact) mass is 796 g/mol. The SMILES string of the molecule is Cc1ccc(-c2cccc(-n3c4ccccc4c4c(-c5ccc(N(c6ccc(C)cc6)c6ccc(-c7ccc8c(c7)C(C)(C)c7cc(C)ccc7-8)cc6)cc5)cccc43)c2)cc1. The zero-order valence-corrected chi connectivity index (χ0v) is 35.9. The number of hydrogen-bond acceptors (Lipinski definition) is 1. The number of benzene rings is 9. The summed E-state index contributed by atoms with van der Waals surface area (Å²) in [6, 6.07) is 74.2. The number of hydrogen-bond donors (Lipinski definition) is 0. The first-order chi connectivity index (χ1) is 30.2. The van der Waals surface area contributed by atoms with Gasteiger partial charge in [0.15, 0.2) is 0 Å². The lowest BCUT2D eigenvalue weighted by atomic mass is 9.81. The first kappa shape index (κ1) is 37.6. The highest BCUT2D eigenvalue weighted by molar-refractivity contribution is 6.15. The molecule has 0 unspecified atom stereocenters. The van der Waals surface area contributed by atoms with E-state index in [2.05, 4.69) is 244 Å². The lowest BCUT2D eigenvalue weighted by Crippen LogP contribution is -2.15. The summed E-state index contributed by atoms with van der Waals surface area (Å²) in [4.78, 5) is 2.37. The third-order valence-corrected chi connectivity index (χ3v) is 13.2. The molecule has 2 heteroatoms. The Morgan fingerprint density at radius 2 is 0.871 bits per heavy atom. The molecule has 0 atom stereocenters. The van der Waals surface area contributed by atoms with Gasteiger partial charge in [-0.1, -0.05) is 164 Å². The third kappa shape index (κ3) is 6.25. The Kier molecular flexibility index (Phi) is 8.87. The number of nitrogens with zero attached hydrogens (tertiary/aromatic N) is 2. The minimum Gasteiger partial charge on any atom is -0.311 e. The van der Waals surface area contributed by atoms with Crippen LogP contribution in [0, 0.1) is 20.8 Å². The van der Waals surface area contributed by atoms with Gasteiger partial charge in [0.2, 0.25) is 0 Å². The first-order valence-corrected chi connectivity index (χ1v) is 21.7. The van der Waals surface area contributed by atoms with Crippen molar-refractivity contribution in [2.45, 2.75) is 40.0 Å². The first-order valence-electron chi connectivity index (χ1n) is 21.7. The average Bonchev–Trinajstić information content (AvgIpc) is 3.76. The molecule has 0 spiro atoms. The predicted molar refractivity (Wildman–Crippen MR) is 264 cm³/mol. The highest BCUT2D eigenvalue weighted by Crippen LogP contribution is 2.50. The Morgan fingerprint density at radius 3 is 1.56 bits per heavy atom. The zero-order valence-electron chi connectivity index (χ0n) is 35.9. The number of rotatable bonds is 7. The molecule has 0 fully saturated rings. The summed E-state index contributed by atoms with van der Waals surface area (Å²) >= 11 is 0. The summed E-state index contributed by atoms with van der Waals surface area (Å²) in [5.74, 6) is 0. The maximum atomic E-state index is 2.42. The van der Waals surface area contributed by atoms with Gasteiger partial charge in [-0.3, -0.25) is 0 Å². The second-order valence-corrected chi connectivity index (χ2v) is 17.7. The van der Waals surface area contributed by atoms with E-state index in [1.807, 2.05) is 0 Å². The van der Waals surface area contributed by atoms with Crippen molar-refractivity contribution in [3.8, 4) is 50.2 Å². The Bertz CT molecular complexity index is 3310. The molecule has 11 rings (SSSR count). The quantitative estimate of drug-likeness (QED) is 0.156. The maximum Gasteiger partial charge on any atom is 0.0547 e. The largest absolute Gasteiger partial charge is 0.311 e. The standard InChI is InChI=1S/C60H48N2/c1-39-16-21-42(22-17-39)45-10-8-11-50(37-45)62-57-14-7-6-12-54(57)59-51(13-9-15-58(59)62)44-25-32-49(33-26-44)61(47-28-18-40(2)19-29-47)48-30-23-43(24-31-48)46-27-35-53-52-34-20-41(3)36-55(52)60(4,5)56(53)38-46/h6-38H,1-5H3. The lowest BCUT2D eigenvalue weighted by Gasteiger charge is -2.26. The summed E-state index contributed by atoms with van der Waals surface area (Å²) in [5.41, 5.74) is 23.5. The van der Waals surface area contributed by atoms with E-state index in [0.717, 1.165) is 22.7 Å². The van der Waals surface area contributed by atoms with Crippen molar-refractivity contribution < 1.29 is 0 Å². The van der Waals surface area contributed by atoms with Crippen LogP contribution in [0.15, 0.2) is 200 Å². The zero-order chi connectivity index (χ0) is 42.1. The molecule has 0 saturated heterocycles. The predicted octanol–water partition coefficient (Wildman–Crippen LogP) is 16.5. The number of para-hydroxylation sites is 1. The number of aromatic nitrogens is 1. The summed E-state index contributed by atoms with van der Waals surface area (Å²) < 4.78 is 2.42. The molecule has 1 aliphatic carbocycles. The fourth-order valence-electron chi connectivity index (χ4n) is 9.87. The van der Waals surface area contributed by atoms with Crippen molar-refractivity contribution in [2.24, 2.45) is 0 Å². The molecule has 1 heterocycles. The van der Waals surface area contributed by atoms with Gasteiger partial charge < -0.3 is 9.47 Å². The Morgan fingerprint density at radius 1 is 0.371 bits per heavy atom. The minimum absolute atomic E-state index is 0.0442. The topological polar surface area (TPSA) is 8.17 Å². The summed E-state index contributed by atoms with van der Waals surface area (Å²) in [6.45, 7) is 11.2. The fourth-order valence-corrected chi connectivity index (χ4v) is 9.87. The van der Waals surface area contributed by atoms with Crippen LogP contribution < -0.4 is 4.90 Å². The van der Waals surface area contributed by atoms with Gasteiger partial charge in [0.25, 0.3) is 0 Å². The maximum absolute atomic E-state index is 2.42. The van der Waals surface area contributed by atoms with Gasteiger partial charge in [-0.05, 0) is 143 Å². The van der Waals surface area contributed by atoms with Crippen LogP contribution in [0.5, 0.6) is 0 Å². The molecule has 0 amide bonds. The van der Waals surface area contributed by atoms with E-state index >= 15 is 0 Å². The number of aryl methyl sites for hydroxylation is 3. The van der Waals surface area contributed by atoms with Crippen molar-refractivity contribution in [3.05, 3.63) is 228 Å². The van der Waals surface area contributed by atoms with Gasteiger partial charge in [0.1, 0.15) is 0 Å². The third-order valence-electron chi connectivity index (χ3n) is 13.2. The molecule has 1 aliphatic rings. The number of anilines is 3. The van der Waals surface area contributed by atoms with Gasteiger partial charge in [0.05, 0.1) is 11.0 Å².